The van der Waals surface area contributed by atoms with Gasteiger partial charge in [-0.3, -0.25) is 4.79 Å². The van der Waals surface area contributed by atoms with Crippen LogP contribution in [0.25, 0.3) is 0 Å². The molecule has 2 unspecified atom stereocenters. The highest BCUT2D eigenvalue weighted by molar-refractivity contribution is 5.82. The molecule has 2 atom stereocenters. The van der Waals surface area contributed by atoms with Crippen LogP contribution in [0.15, 0.2) is 0 Å². The standard InChI is InChI=1S/C10H18N6O/c1-7(8-13-15-16-14-8)12-9(17)10(2)4-3-5-11-6-10/h7,11H,3-6H2,1-2H3,(H,12,17)(H,13,14,15,16). The second-order valence-corrected chi connectivity index (χ2v) is 4.81. The lowest BCUT2D eigenvalue weighted by Crippen LogP contribution is -2.49. The predicted molar refractivity (Wildman–Crippen MR) is 60.9 cm³/mol. The highest BCUT2D eigenvalue weighted by atomic mass is 16.2. The summed E-state index contributed by atoms with van der Waals surface area (Å²) >= 11 is 0. The highest BCUT2D eigenvalue weighted by Crippen LogP contribution is 2.26. The molecule has 94 valence electrons. The average molecular weight is 238 g/mol. The second-order valence-electron chi connectivity index (χ2n) is 4.81. The molecule has 1 aromatic heterocycles. The van der Waals surface area contributed by atoms with Crippen molar-refractivity contribution < 1.29 is 4.79 Å². The molecule has 17 heavy (non-hydrogen) atoms. The van der Waals surface area contributed by atoms with E-state index in [4.69, 9.17) is 0 Å². The summed E-state index contributed by atoms with van der Waals surface area (Å²) in [6.45, 7) is 5.54. The third kappa shape index (κ3) is 2.60. The van der Waals surface area contributed by atoms with Gasteiger partial charge in [0.2, 0.25) is 5.91 Å². The Morgan fingerprint density at radius 1 is 1.59 bits per heavy atom. The number of aromatic nitrogens is 4. The van der Waals surface area contributed by atoms with E-state index in [0.29, 0.717) is 5.82 Å². The molecule has 0 radical (unpaired) electrons. The van der Waals surface area contributed by atoms with E-state index in [0.717, 1.165) is 25.9 Å². The van der Waals surface area contributed by atoms with Crippen LogP contribution in [0.4, 0.5) is 0 Å². The maximum atomic E-state index is 12.2. The molecule has 1 saturated heterocycles. The summed E-state index contributed by atoms with van der Waals surface area (Å²) in [7, 11) is 0. The zero-order valence-electron chi connectivity index (χ0n) is 10.2. The molecular weight excluding hydrogens is 220 g/mol. The maximum Gasteiger partial charge on any atom is 0.227 e. The third-order valence-electron chi connectivity index (χ3n) is 3.24. The Hall–Kier alpha value is -1.50. The largest absolute Gasteiger partial charge is 0.346 e. The summed E-state index contributed by atoms with van der Waals surface area (Å²) in [6.07, 6.45) is 1.94. The highest BCUT2D eigenvalue weighted by Gasteiger charge is 2.35. The molecule has 7 nitrogen and oxygen atoms in total. The zero-order chi connectivity index (χ0) is 12.3. The average Bonchev–Trinajstić information content (AvgIpc) is 2.83. The van der Waals surface area contributed by atoms with Gasteiger partial charge in [-0.15, -0.1) is 10.2 Å². The Labute approximate surface area is 99.7 Å². The van der Waals surface area contributed by atoms with Gasteiger partial charge in [-0.1, -0.05) is 5.21 Å². The molecule has 2 heterocycles. The van der Waals surface area contributed by atoms with Gasteiger partial charge in [0.25, 0.3) is 0 Å². The first-order chi connectivity index (χ1) is 8.12. The molecule has 1 aromatic rings. The SMILES string of the molecule is CC(NC(=O)C1(C)CCCNC1)c1nn[nH]n1. The topological polar surface area (TPSA) is 95.6 Å². The smallest absolute Gasteiger partial charge is 0.227 e. The first-order valence-electron chi connectivity index (χ1n) is 5.87. The summed E-state index contributed by atoms with van der Waals surface area (Å²) in [5, 5.41) is 19.8. The molecule has 0 bridgehead atoms. The summed E-state index contributed by atoms with van der Waals surface area (Å²) in [6, 6.07) is -0.222. The van der Waals surface area contributed by atoms with E-state index in [1.54, 1.807) is 0 Å². The van der Waals surface area contributed by atoms with Crippen molar-refractivity contribution in [1.29, 1.82) is 0 Å². The van der Waals surface area contributed by atoms with Gasteiger partial charge in [0.15, 0.2) is 5.82 Å². The van der Waals surface area contributed by atoms with Crippen molar-refractivity contribution in [3.8, 4) is 0 Å². The van der Waals surface area contributed by atoms with Crippen molar-refractivity contribution in [3.05, 3.63) is 5.82 Å². The van der Waals surface area contributed by atoms with Crippen LogP contribution in [0.3, 0.4) is 0 Å². The molecule has 1 aliphatic rings. The first-order valence-corrected chi connectivity index (χ1v) is 5.87. The number of piperidine rings is 1. The Bertz CT molecular complexity index is 370. The van der Waals surface area contributed by atoms with Crippen LogP contribution >= 0.6 is 0 Å². The van der Waals surface area contributed by atoms with Crippen molar-refractivity contribution in [2.75, 3.05) is 13.1 Å². The normalized spacial score (nSPS) is 26.5. The minimum atomic E-state index is -0.337. The number of carbonyl (C=O) groups excluding carboxylic acids is 1. The van der Waals surface area contributed by atoms with Crippen LogP contribution in [0.2, 0.25) is 0 Å². The summed E-state index contributed by atoms with van der Waals surface area (Å²) < 4.78 is 0. The van der Waals surface area contributed by atoms with Gasteiger partial charge in [-0.2, -0.15) is 5.21 Å². The second kappa shape index (κ2) is 4.79. The van der Waals surface area contributed by atoms with E-state index in [1.165, 1.54) is 0 Å². The number of nitrogens with one attached hydrogen (secondary N) is 3. The Balaban J connectivity index is 1.96. The minimum Gasteiger partial charge on any atom is -0.346 e. The van der Waals surface area contributed by atoms with Crippen LogP contribution in [0, 0.1) is 5.41 Å². The molecule has 0 saturated carbocycles. The van der Waals surface area contributed by atoms with Gasteiger partial charge >= 0.3 is 0 Å². The monoisotopic (exact) mass is 238 g/mol. The van der Waals surface area contributed by atoms with Gasteiger partial charge in [-0.25, -0.2) is 0 Å². The maximum absolute atomic E-state index is 12.2. The van der Waals surface area contributed by atoms with Gasteiger partial charge in [0.1, 0.15) is 0 Å². The number of hydrogen-bond acceptors (Lipinski definition) is 5. The Kier molecular flexibility index (Phi) is 3.37. The van der Waals surface area contributed by atoms with E-state index in [1.807, 2.05) is 13.8 Å². The van der Waals surface area contributed by atoms with Crippen molar-refractivity contribution in [3.63, 3.8) is 0 Å². The third-order valence-corrected chi connectivity index (χ3v) is 3.24. The van der Waals surface area contributed by atoms with E-state index >= 15 is 0 Å². The zero-order valence-corrected chi connectivity index (χ0v) is 10.2. The summed E-state index contributed by atoms with van der Waals surface area (Å²) in [4.78, 5) is 12.2. The summed E-state index contributed by atoms with van der Waals surface area (Å²) in [5.41, 5.74) is -0.337. The van der Waals surface area contributed by atoms with Crippen molar-refractivity contribution in [2.24, 2.45) is 5.41 Å². The van der Waals surface area contributed by atoms with Gasteiger partial charge in [0.05, 0.1) is 11.5 Å². The molecule has 0 aliphatic carbocycles. The molecule has 0 spiro atoms. The molecule has 7 heteroatoms. The molecule has 0 aromatic carbocycles. The minimum absolute atomic E-state index is 0.0435. The number of hydrogen-bond donors (Lipinski definition) is 3. The van der Waals surface area contributed by atoms with Gasteiger partial charge < -0.3 is 10.6 Å². The van der Waals surface area contributed by atoms with Crippen LogP contribution in [0.5, 0.6) is 0 Å². The lowest BCUT2D eigenvalue weighted by Gasteiger charge is -2.33. The number of tetrazole rings is 1. The Morgan fingerprint density at radius 2 is 2.41 bits per heavy atom. The van der Waals surface area contributed by atoms with Crippen LogP contribution in [-0.2, 0) is 4.79 Å². The Morgan fingerprint density at radius 3 is 3.00 bits per heavy atom. The van der Waals surface area contributed by atoms with E-state index < -0.39 is 0 Å². The van der Waals surface area contributed by atoms with Crippen molar-refractivity contribution >= 4 is 5.91 Å². The van der Waals surface area contributed by atoms with Crippen LogP contribution in [0.1, 0.15) is 38.6 Å². The van der Waals surface area contributed by atoms with Crippen LogP contribution in [-0.4, -0.2) is 39.6 Å². The van der Waals surface area contributed by atoms with E-state index in [-0.39, 0.29) is 17.4 Å². The lowest BCUT2D eigenvalue weighted by molar-refractivity contribution is -0.131. The van der Waals surface area contributed by atoms with Crippen LogP contribution < -0.4 is 10.6 Å². The predicted octanol–water partition coefficient (Wildman–Crippen LogP) is -0.233. The fourth-order valence-corrected chi connectivity index (χ4v) is 2.04. The molecular formula is C10H18N6O. The number of H-pyrrole nitrogens is 1. The fraction of sp³-hybridized carbons (Fsp3) is 0.800. The fourth-order valence-electron chi connectivity index (χ4n) is 2.04. The van der Waals surface area contributed by atoms with E-state index in [2.05, 4.69) is 31.3 Å². The van der Waals surface area contributed by atoms with Gasteiger partial charge in [-0.05, 0) is 33.2 Å². The number of aromatic amines is 1. The molecule has 2 rings (SSSR count). The molecule has 1 fully saturated rings. The number of amides is 1. The van der Waals surface area contributed by atoms with Gasteiger partial charge in [0, 0.05) is 6.54 Å². The lowest BCUT2D eigenvalue weighted by atomic mass is 9.82. The molecule has 1 amide bonds. The molecule has 3 N–H and O–H groups in total. The molecule has 1 aliphatic heterocycles. The summed E-state index contributed by atoms with van der Waals surface area (Å²) in [5.74, 6) is 0.549. The number of carbonyl (C=O) groups is 1. The quantitative estimate of drug-likeness (QED) is 0.676. The van der Waals surface area contributed by atoms with Crippen molar-refractivity contribution in [2.45, 2.75) is 32.7 Å². The number of rotatable bonds is 3. The van der Waals surface area contributed by atoms with E-state index in [9.17, 15) is 4.79 Å². The van der Waals surface area contributed by atoms with Crippen molar-refractivity contribution in [1.82, 2.24) is 31.3 Å². The first kappa shape index (κ1) is 12.0. The number of nitrogens with zero attached hydrogens (tertiary/aromatic N) is 3.